The topological polar surface area (TPSA) is 94.9 Å². The van der Waals surface area contributed by atoms with Crippen LogP contribution in [0.25, 0.3) is 0 Å². The van der Waals surface area contributed by atoms with Gasteiger partial charge in [-0.15, -0.1) is 0 Å². The molecule has 1 aromatic carbocycles. The third-order valence-corrected chi connectivity index (χ3v) is 2.92. The maximum absolute atomic E-state index is 11.5. The van der Waals surface area contributed by atoms with Gasteiger partial charge in [-0.05, 0) is 25.3 Å². The first-order chi connectivity index (χ1) is 9.08. The van der Waals surface area contributed by atoms with Crippen molar-refractivity contribution >= 4 is 11.9 Å². The molecule has 98 valence electrons. The van der Waals surface area contributed by atoms with Crippen molar-refractivity contribution in [3.05, 3.63) is 52.8 Å². The van der Waals surface area contributed by atoms with Crippen LogP contribution >= 0.6 is 0 Å². The molecule has 0 aliphatic carbocycles. The molecular weight excluding hydrogens is 240 g/mol. The number of aromatic nitrogens is 2. The van der Waals surface area contributed by atoms with Gasteiger partial charge in [0.25, 0.3) is 5.91 Å². The number of hydrogen-bond acceptors (Lipinski definition) is 4. The van der Waals surface area contributed by atoms with Gasteiger partial charge in [0.2, 0.25) is 5.95 Å². The summed E-state index contributed by atoms with van der Waals surface area (Å²) in [6.07, 6.45) is 1.38. The predicted octanol–water partition coefficient (Wildman–Crippen LogP) is 1.25. The van der Waals surface area contributed by atoms with E-state index in [-0.39, 0.29) is 5.95 Å². The van der Waals surface area contributed by atoms with Gasteiger partial charge in [-0.25, -0.2) is 9.97 Å². The van der Waals surface area contributed by atoms with Crippen LogP contribution in [-0.2, 0) is 12.8 Å². The van der Waals surface area contributed by atoms with E-state index in [0.717, 1.165) is 6.42 Å². The molecule has 0 radical (unpaired) electrons. The van der Waals surface area contributed by atoms with Crippen molar-refractivity contribution in [2.45, 2.75) is 19.8 Å². The highest BCUT2D eigenvalue weighted by molar-refractivity contribution is 5.95. The van der Waals surface area contributed by atoms with Gasteiger partial charge >= 0.3 is 0 Å². The summed E-state index contributed by atoms with van der Waals surface area (Å²) in [6, 6.07) is 9.97. The lowest BCUT2D eigenvalue weighted by atomic mass is 10.0. The Labute approximate surface area is 111 Å². The van der Waals surface area contributed by atoms with Crippen LogP contribution in [0.15, 0.2) is 30.3 Å². The Morgan fingerprint density at radius 2 is 1.84 bits per heavy atom. The summed E-state index contributed by atoms with van der Waals surface area (Å²) < 4.78 is 0. The lowest BCUT2D eigenvalue weighted by Crippen LogP contribution is -2.19. The van der Waals surface area contributed by atoms with Crippen molar-refractivity contribution < 1.29 is 4.79 Å². The second-order valence-electron chi connectivity index (χ2n) is 4.34. The second-order valence-corrected chi connectivity index (χ2v) is 4.34. The lowest BCUT2D eigenvalue weighted by Gasteiger charge is -2.09. The Bertz CT molecular complexity index is 596. The fraction of sp³-hybridized carbons (Fsp3) is 0.214. The normalized spacial score (nSPS) is 10.4. The first-order valence-electron chi connectivity index (χ1n) is 6.04. The smallest absolute Gasteiger partial charge is 0.252 e. The molecule has 1 amide bonds. The number of primary amides is 1. The van der Waals surface area contributed by atoms with E-state index in [0.29, 0.717) is 23.4 Å². The zero-order valence-corrected chi connectivity index (χ0v) is 10.8. The maximum atomic E-state index is 11.5. The summed E-state index contributed by atoms with van der Waals surface area (Å²) in [5, 5.41) is 0. The van der Waals surface area contributed by atoms with E-state index < -0.39 is 5.91 Å². The lowest BCUT2D eigenvalue weighted by molar-refractivity contribution is 0.0998. The molecular formula is C14H16N4O. The number of carbonyl (C=O) groups excluding carboxylic acids is 1. The summed E-state index contributed by atoms with van der Waals surface area (Å²) in [6.45, 7) is 1.71. The standard InChI is InChI=1S/C14H16N4O/c1-9-12(13(15)19)11(18-14(16)17-9)8-7-10-5-3-2-4-6-10/h2-6H,7-8H2,1H3,(H2,15,19)(H2,16,17,18). The molecule has 0 atom stereocenters. The number of anilines is 1. The molecule has 2 rings (SSSR count). The molecule has 1 heterocycles. The molecule has 5 nitrogen and oxygen atoms in total. The molecule has 0 saturated carbocycles. The number of nitrogen functional groups attached to an aromatic ring is 1. The molecule has 1 aromatic heterocycles. The van der Waals surface area contributed by atoms with E-state index in [9.17, 15) is 4.79 Å². The minimum atomic E-state index is -0.513. The van der Waals surface area contributed by atoms with E-state index >= 15 is 0 Å². The van der Waals surface area contributed by atoms with E-state index in [1.807, 2.05) is 30.3 Å². The first-order valence-corrected chi connectivity index (χ1v) is 6.04. The summed E-state index contributed by atoms with van der Waals surface area (Å²) in [5.74, 6) is -0.342. The molecule has 0 aliphatic rings. The van der Waals surface area contributed by atoms with E-state index in [1.54, 1.807) is 6.92 Å². The highest BCUT2D eigenvalue weighted by atomic mass is 16.1. The summed E-state index contributed by atoms with van der Waals surface area (Å²) >= 11 is 0. The molecule has 5 heteroatoms. The highest BCUT2D eigenvalue weighted by Gasteiger charge is 2.15. The minimum absolute atomic E-state index is 0.172. The van der Waals surface area contributed by atoms with Crippen molar-refractivity contribution in [2.75, 3.05) is 5.73 Å². The number of benzene rings is 1. The minimum Gasteiger partial charge on any atom is -0.368 e. The van der Waals surface area contributed by atoms with Crippen molar-refractivity contribution in [1.29, 1.82) is 0 Å². The van der Waals surface area contributed by atoms with Gasteiger partial charge < -0.3 is 11.5 Å². The van der Waals surface area contributed by atoms with Gasteiger partial charge in [0.15, 0.2) is 0 Å². The molecule has 0 saturated heterocycles. The zero-order valence-electron chi connectivity index (χ0n) is 10.8. The number of amides is 1. The van der Waals surface area contributed by atoms with Crippen molar-refractivity contribution in [3.63, 3.8) is 0 Å². The van der Waals surface area contributed by atoms with Crippen LogP contribution in [0.4, 0.5) is 5.95 Å². The van der Waals surface area contributed by atoms with Crippen LogP contribution in [0, 0.1) is 6.92 Å². The Balaban J connectivity index is 2.27. The Kier molecular flexibility index (Phi) is 3.75. The van der Waals surface area contributed by atoms with Gasteiger partial charge in [-0.2, -0.15) is 0 Å². The second kappa shape index (κ2) is 5.48. The van der Waals surface area contributed by atoms with Crippen molar-refractivity contribution in [1.82, 2.24) is 9.97 Å². The number of rotatable bonds is 4. The number of hydrogen-bond donors (Lipinski definition) is 2. The van der Waals surface area contributed by atoms with Crippen LogP contribution < -0.4 is 11.5 Å². The molecule has 0 fully saturated rings. The number of carbonyl (C=O) groups is 1. The molecule has 0 bridgehead atoms. The van der Waals surface area contributed by atoms with Gasteiger partial charge in [0.05, 0.1) is 17.0 Å². The molecule has 0 aliphatic heterocycles. The number of aryl methyl sites for hydroxylation is 3. The fourth-order valence-corrected chi connectivity index (χ4v) is 2.06. The van der Waals surface area contributed by atoms with Crippen LogP contribution in [0.2, 0.25) is 0 Å². The molecule has 4 N–H and O–H groups in total. The molecule has 0 unspecified atom stereocenters. The van der Waals surface area contributed by atoms with Crippen LogP contribution in [-0.4, -0.2) is 15.9 Å². The van der Waals surface area contributed by atoms with Gasteiger partial charge in [-0.3, -0.25) is 4.79 Å². The molecule has 2 aromatic rings. The van der Waals surface area contributed by atoms with E-state index in [1.165, 1.54) is 5.56 Å². The number of nitrogens with two attached hydrogens (primary N) is 2. The Hall–Kier alpha value is -2.43. The third kappa shape index (κ3) is 3.07. The van der Waals surface area contributed by atoms with Gasteiger partial charge in [-0.1, -0.05) is 30.3 Å². The average Bonchev–Trinajstić information content (AvgIpc) is 2.36. The Morgan fingerprint density at radius 3 is 2.47 bits per heavy atom. The first kappa shape index (κ1) is 13.0. The van der Waals surface area contributed by atoms with Crippen molar-refractivity contribution in [2.24, 2.45) is 5.73 Å². The fourth-order valence-electron chi connectivity index (χ4n) is 2.06. The highest BCUT2D eigenvalue weighted by Crippen LogP contribution is 2.14. The summed E-state index contributed by atoms with van der Waals surface area (Å²) in [5.41, 5.74) is 13.7. The molecule has 0 spiro atoms. The Morgan fingerprint density at radius 1 is 1.16 bits per heavy atom. The monoisotopic (exact) mass is 256 g/mol. The van der Waals surface area contributed by atoms with Gasteiger partial charge in [0.1, 0.15) is 0 Å². The maximum Gasteiger partial charge on any atom is 0.252 e. The van der Waals surface area contributed by atoms with Crippen LogP contribution in [0.1, 0.15) is 27.3 Å². The summed E-state index contributed by atoms with van der Waals surface area (Å²) in [7, 11) is 0. The van der Waals surface area contributed by atoms with Crippen LogP contribution in [0.3, 0.4) is 0 Å². The van der Waals surface area contributed by atoms with Crippen molar-refractivity contribution in [3.8, 4) is 0 Å². The van der Waals surface area contributed by atoms with E-state index in [4.69, 9.17) is 11.5 Å². The third-order valence-electron chi connectivity index (χ3n) is 2.92. The molecule has 19 heavy (non-hydrogen) atoms. The van der Waals surface area contributed by atoms with Gasteiger partial charge in [0, 0.05) is 0 Å². The zero-order chi connectivity index (χ0) is 13.8. The summed E-state index contributed by atoms with van der Waals surface area (Å²) in [4.78, 5) is 19.6. The van der Waals surface area contributed by atoms with Crippen LogP contribution in [0.5, 0.6) is 0 Å². The number of nitrogens with zero attached hydrogens (tertiary/aromatic N) is 2. The largest absolute Gasteiger partial charge is 0.368 e. The SMILES string of the molecule is Cc1nc(N)nc(CCc2ccccc2)c1C(N)=O. The average molecular weight is 256 g/mol. The van der Waals surface area contributed by atoms with E-state index in [2.05, 4.69) is 9.97 Å². The quantitative estimate of drug-likeness (QED) is 0.860. The predicted molar refractivity (Wildman–Crippen MR) is 73.5 cm³/mol.